The van der Waals surface area contributed by atoms with Gasteiger partial charge in [0.05, 0.1) is 46.7 Å². The number of rotatable bonds is 2. The van der Waals surface area contributed by atoms with Gasteiger partial charge in [0.1, 0.15) is 12.1 Å². The standard InChI is InChI=1S/C18H10N6O4/c19-3-7-1-9-13-10(16(26)23(5-21)15(9)25)2-8(4-20)12-14(13)11(7)17(27)24(6-22)18(12)28/h1-2H,5-6,21-22H2. The Bertz CT molecular complexity index is 1160. The monoisotopic (exact) mass is 374 g/mol. The van der Waals surface area contributed by atoms with E-state index in [0.717, 1.165) is 4.90 Å². The van der Waals surface area contributed by atoms with Gasteiger partial charge in [0.2, 0.25) is 0 Å². The van der Waals surface area contributed by atoms with Crippen LogP contribution in [0.15, 0.2) is 12.1 Å². The van der Waals surface area contributed by atoms with Crippen molar-refractivity contribution in [3.05, 3.63) is 45.5 Å². The molecule has 2 aliphatic heterocycles. The zero-order valence-corrected chi connectivity index (χ0v) is 14.1. The minimum Gasteiger partial charge on any atom is -0.313 e. The summed E-state index contributed by atoms with van der Waals surface area (Å²) in [5.41, 5.74) is 10.3. The first kappa shape index (κ1) is 17.3. The summed E-state index contributed by atoms with van der Waals surface area (Å²) in [5.74, 6) is -3.16. The molecule has 0 aromatic heterocycles. The van der Waals surface area contributed by atoms with Gasteiger partial charge >= 0.3 is 0 Å². The van der Waals surface area contributed by atoms with Gasteiger partial charge in [-0.3, -0.25) is 29.0 Å². The van der Waals surface area contributed by atoms with Crippen molar-refractivity contribution >= 4 is 34.4 Å². The van der Waals surface area contributed by atoms with Crippen molar-refractivity contribution in [3.63, 3.8) is 0 Å². The molecule has 0 aliphatic carbocycles. The van der Waals surface area contributed by atoms with Crippen LogP contribution in [0.1, 0.15) is 52.6 Å². The highest BCUT2D eigenvalue weighted by atomic mass is 16.2. The molecule has 2 aliphatic rings. The van der Waals surface area contributed by atoms with Crippen LogP contribution >= 0.6 is 0 Å². The number of amides is 4. The Kier molecular flexibility index (Phi) is 3.52. The van der Waals surface area contributed by atoms with Gasteiger partial charge in [0.15, 0.2) is 0 Å². The topological polar surface area (TPSA) is 174 Å². The first-order valence-corrected chi connectivity index (χ1v) is 8.01. The fourth-order valence-corrected chi connectivity index (χ4v) is 3.67. The molecule has 2 aromatic carbocycles. The molecular formula is C18H10N6O4. The van der Waals surface area contributed by atoms with E-state index in [1.165, 1.54) is 12.1 Å². The summed E-state index contributed by atoms with van der Waals surface area (Å²) in [5, 5.41) is 19.1. The summed E-state index contributed by atoms with van der Waals surface area (Å²) in [6, 6.07) is 6.06. The molecule has 136 valence electrons. The third-order valence-electron chi connectivity index (χ3n) is 4.88. The Hall–Kier alpha value is -4.12. The van der Waals surface area contributed by atoms with E-state index in [1.54, 1.807) is 0 Å². The van der Waals surface area contributed by atoms with Crippen molar-refractivity contribution in [3.8, 4) is 12.1 Å². The number of carbonyl (C=O) groups excluding carboxylic acids is 4. The number of carbonyl (C=O) groups is 4. The first-order valence-electron chi connectivity index (χ1n) is 8.01. The lowest BCUT2D eigenvalue weighted by molar-refractivity contribution is 0.0592. The van der Waals surface area contributed by atoms with Crippen molar-refractivity contribution in [1.29, 1.82) is 10.5 Å². The Balaban J connectivity index is 2.31. The number of nitrogens with two attached hydrogens (primary N) is 2. The van der Waals surface area contributed by atoms with E-state index in [-0.39, 0.29) is 44.2 Å². The molecule has 28 heavy (non-hydrogen) atoms. The van der Waals surface area contributed by atoms with Gasteiger partial charge in [-0.1, -0.05) is 0 Å². The molecule has 4 N–H and O–H groups in total. The summed E-state index contributed by atoms with van der Waals surface area (Å²) in [6.45, 7) is -0.874. The first-order chi connectivity index (χ1) is 13.4. The van der Waals surface area contributed by atoms with Gasteiger partial charge in [-0.25, -0.2) is 0 Å². The molecule has 4 amide bonds. The highest BCUT2D eigenvalue weighted by molar-refractivity contribution is 6.34. The maximum atomic E-state index is 12.8. The van der Waals surface area contributed by atoms with Crippen molar-refractivity contribution in [2.24, 2.45) is 11.5 Å². The average molecular weight is 374 g/mol. The molecule has 0 unspecified atom stereocenters. The minimum atomic E-state index is -0.828. The smallest absolute Gasteiger partial charge is 0.263 e. The van der Waals surface area contributed by atoms with Crippen molar-refractivity contribution < 1.29 is 19.2 Å². The van der Waals surface area contributed by atoms with Gasteiger partial charge in [-0.15, -0.1) is 0 Å². The largest absolute Gasteiger partial charge is 0.313 e. The zero-order valence-electron chi connectivity index (χ0n) is 14.1. The predicted molar refractivity (Wildman–Crippen MR) is 92.5 cm³/mol. The summed E-state index contributed by atoms with van der Waals surface area (Å²) < 4.78 is 0. The molecular weight excluding hydrogens is 364 g/mol. The maximum Gasteiger partial charge on any atom is 0.263 e. The molecule has 0 radical (unpaired) electrons. The fourth-order valence-electron chi connectivity index (χ4n) is 3.67. The highest BCUT2D eigenvalue weighted by Gasteiger charge is 2.42. The average Bonchev–Trinajstić information content (AvgIpc) is 2.70. The van der Waals surface area contributed by atoms with E-state index in [1.807, 2.05) is 12.1 Å². The molecule has 10 nitrogen and oxygen atoms in total. The molecule has 0 saturated carbocycles. The van der Waals surface area contributed by atoms with Crippen LogP contribution in [-0.4, -0.2) is 46.8 Å². The SMILES string of the molecule is N#Cc1cc2c3c(cc(C#N)c4c3c1C(=O)N(CN)C4=O)C(=O)N(CN)C2=O. The summed E-state index contributed by atoms with van der Waals surface area (Å²) in [6.07, 6.45) is 0. The molecule has 0 atom stereocenters. The van der Waals surface area contributed by atoms with Gasteiger partial charge in [0, 0.05) is 10.8 Å². The highest BCUT2D eigenvalue weighted by Crippen LogP contribution is 2.40. The van der Waals surface area contributed by atoms with Crippen LogP contribution in [-0.2, 0) is 0 Å². The van der Waals surface area contributed by atoms with Crippen LogP contribution in [0.25, 0.3) is 10.8 Å². The van der Waals surface area contributed by atoms with E-state index in [2.05, 4.69) is 0 Å². The molecule has 2 aromatic rings. The van der Waals surface area contributed by atoms with Crippen LogP contribution in [0, 0.1) is 22.7 Å². The fraction of sp³-hybridized carbons (Fsp3) is 0.111. The maximum absolute atomic E-state index is 12.8. The third kappa shape index (κ3) is 1.85. The third-order valence-corrected chi connectivity index (χ3v) is 4.88. The second kappa shape index (κ2) is 5.69. The molecule has 0 saturated heterocycles. The Morgan fingerprint density at radius 2 is 1.11 bits per heavy atom. The minimum absolute atomic E-state index is 0.0390. The molecule has 0 spiro atoms. The predicted octanol–water partition coefficient (Wildman–Crippen LogP) is -0.392. The van der Waals surface area contributed by atoms with Crippen molar-refractivity contribution in [1.82, 2.24) is 9.80 Å². The molecule has 4 rings (SSSR count). The number of nitriles is 2. The lowest BCUT2D eigenvalue weighted by atomic mass is 9.82. The van der Waals surface area contributed by atoms with E-state index >= 15 is 0 Å². The van der Waals surface area contributed by atoms with E-state index in [4.69, 9.17) is 11.5 Å². The Labute approximate surface area is 157 Å². The van der Waals surface area contributed by atoms with Crippen LogP contribution in [0.5, 0.6) is 0 Å². The molecule has 0 bridgehead atoms. The van der Waals surface area contributed by atoms with E-state index < -0.39 is 37.0 Å². The normalized spacial score (nSPS) is 15.1. The van der Waals surface area contributed by atoms with Crippen molar-refractivity contribution in [2.75, 3.05) is 13.3 Å². The van der Waals surface area contributed by atoms with Crippen molar-refractivity contribution in [2.45, 2.75) is 0 Å². The van der Waals surface area contributed by atoms with Gasteiger partial charge in [0.25, 0.3) is 23.6 Å². The Morgan fingerprint density at radius 1 is 0.714 bits per heavy atom. The second-order valence-electron chi connectivity index (χ2n) is 6.11. The van der Waals surface area contributed by atoms with Crippen LogP contribution < -0.4 is 11.5 Å². The number of imide groups is 2. The van der Waals surface area contributed by atoms with Crippen LogP contribution in [0.3, 0.4) is 0 Å². The Morgan fingerprint density at radius 3 is 1.46 bits per heavy atom. The summed E-state index contributed by atoms with van der Waals surface area (Å²) >= 11 is 0. The number of hydrogen-bond acceptors (Lipinski definition) is 8. The van der Waals surface area contributed by atoms with Crippen LogP contribution in [0.2, 0.25) is 0 Å². The number of nitrogens with zero attached hydrogens (tertiary/aromatic N) is 4. The van der Waals surface area contributed by atoms with Gasteiger partial charge < -0.3 is 11.5 Å². The molecule has 0 fully saturated rings. The summed E-state index contributed by atoms with van der Waals surface area (Å²) in [7, 11) is 0. The lowest BCUT2D eigenvalue weighted by Crippen LogP contribution is -2.47. The lowest BCUT2D eigenvalue weighted by Gasteiger charge is -2.32. The van der Waals surface area contributed by atoms with Crippen LogP contribution in [0.4, 0.5) is 0 Å². The number of benzene rings is 2. The second-order valence-corrected chi connectivity index (χ2v) is 6.11. The zero-order chi connectivity index (χ0) is 20.3. The van der Waals surface area contributed by atoms with Gasteiger partial charge in [-0.2, -0.15) is 10.5 Å². The molecule has 2 heterocycles. The molecule has 10 heteroatoms. The van der Waals surface area contributed by atoms with E-state index in [0.29, 0.717) is 4.90 Å². The number of hydrogen-bond donors (Lipinski definition) is 2. The van der Waals surface area contributed by atoms with Gasteiger partial charge in [-0.05, 0) is 12.1 Å². The quantitative estimate of drug-likeness (QED) is 0.668. The van der Waals surface area contributed by atoms with E-state index in [9.17, 15) is 29.7 Å². The summed E-state index contributed by atoms with van der Waals surface area (Å²) in [4.78, 5) is 52.6.